The van der Waals surface area contributed by atoms with Crippen molar-refractivity contribution in [1.82, 2.24) is 0 Å². The number of carbonyl (C=O) groups excluding carboxylic acids is 1. The summed E-state index contributed by atoms with van der Waals surface area (Å²) < 4.78 is 13.0. The highest BCUT2D eigenvalue weighted by Gasteiger charge is 1.99. The maximum atomic E-state index is 13.0. The SMILES string of the molecule is O=C(C=Cc1cccc(F)c1)Nc1cccc(CO)c1. The summed E-state index contributed by atoms with van der Waals surface area (Å²) in [5.41, 5.74) is 1.94. The van der Waals surface area contributed by atoms with E-state index in [0.717, 1.165) is 5.56 Å². The number of nitrogens with one attached hydrogen (secondary N) is 1. The van der Waals surface area contributed by atoms with E-state index in [1.165, 1.54) is 24.3 Å². The molecule has 0 aliphatic rings. The zero-order valence-electron chi connectivity index (χ0n) is 10.7. The Morgan fingerprint density at radius 2 is 2.00 bits per heavy atom. The van der Waals surface area contributed by atoms with Crippen LogP contribution < -0.4 is 5.32 Å². The quantitative estimate of drug-likeness (QED) is 0.840. The van der Waals surface area contributed by atoms with Gasteiger partial charge in [0.15, 0.2) is 0 Å². The Morgan fingerprint density at radius 1 is 1.20 bits per heavy atom. The van der Waals surface area contributed by atoms with Crippen LogP contribution in [0.25, 0.3) is 6.08 Å². The van der Waals surface area contributed by atoms with E-state index in [-0.39, 0.29) is 18.3 Å². The summed E-state index contributed by atoms with van der Waals surface area (Å²) in [6.45, 7) is -0.0805. The van der Waals surface area contributed by atoms with Gasteiger partial charge in [-0.1, -0.05) is 24.3 Å². The number of carbonyl (C=O) groups is 1. The molecule has 0 saturated carbocycles. The summed E-state index contributed by atoms with van der Waals surface area (Å²) in [4.78, 5) is 11.7. The lowest BCUT2D eigenvalue weighted by atomic mass is 10.2. The molecule has 2 N–H and O–H groups in total. The number of halogens is 1. The maximum Gasteiger partial charge on any atom is 0.248 e. The first-order chi connectivity index (χ1) is 9.67. The van der Waals surface area contributed by atoms with Gasteiger partial charge in [-0.3, -0.25) is 4.79 Å². The van der Waals surface area contributed by atoms with Crippen LogP contribution in [0.1, 0.15) is 11.1 Å². The molecule has 0 saturated heterocycles. The fourth-order valence-electron chi connectivity index (χ4n) is 1.71. The van der Waals surface area contributed by atoms with Crippen LogP contribution in [0.3, 0.4) is 0 Å². The van der Waals surface area contributed by atoms with Gasteiger partial charge in [0.05, 0.1) is 6.61 Å². The van der Waals surface area contributed by atoms with Gasteiger partial charge in [0.25, 0.3) is 0 Å². The highest BCUT2D eigenvalue weighted by atomic mass is 19.1. The molecular formula is C16H14FNO2. The average Bonchev–Trinajstić information content (AvgIpc) is 2.45. The van der Waals surface area contributed by atoms with Crippen molar-refractivity contribution in [3.05, 3.63) is 71.6 Å². The normalized spacial score (nSPS) is 10.7. The Morgan fingerprint density at radius 3 is 2.75 bits per heavy atom. The van der Waals surface area contributed by atoms with Crippen molar-refractivity contribution in [2.24, 2.45) is 0 Å². The Hall–Kier alpha value is -2.46. The van der Waals surface area contributed by atoms with E-state index < -0.39 is 0 Å². The number of aliphatic hydroxyl groups is 1. The zero-order chi connectivity index (χ0) is 14.4. The monoisotopic (exact) mass is 271 g/mol. The minimum absolute atomic E-state index is 0.0805. The van der Waals surface area contributed by atoms with Gasteiger partial charge < -0.3 is 10.4 Å². The third kappa shape index (κ3) is 4.03. The molecule has 0 aliphatic heterocycles. The first kappa shape index (κ1) is 14.0. The molecule has 2 aromatic rings. The van der Waals surface area contributed by atoms with E-state index in [0.29, 0.717) is 11.3 Å². The summed E-state index contributed by atoms with van der Waals surface area (Å²) >= 11 is 0. The molecule has 0 atom stereocenters. The van der Waals surface area contributed by atoms with Crippen LogP contribution in [-0.2, 0) is 11.4 Å². The van der Waals surface area contributed by atoms with Crippen LogP contribution in [-0.4, -0.2) is 11.0 Å². The summed E-state index contributed by atoms with van der Waals surface area (Å²) in [5, 5.41) is 11.7. The zero-order valence-corrected chi connectivity index (χ0v) is 10.7. The number of rotatable bonds is 4. The summed E-state index contributed by atoms with van der Waals surface area (Å²) in [6.07, 6.45) is 2.87. The van der Waals surface area contributed by atoms with Crippen LogP contribution in [0, 0.1) is 5.82 Å². The lowest BCUT2D eigenvalue weighted by molar-refractivity contribution is -0.111. The number of anilines is 1. The smallest absolute Gasteiger partial charge is 0.248 e. The number of hydrogen-bond donors (Lipinski definition) is 2. The molecule has 3 nitrogen and oxygen atoms in total. The van der Waals surface area contributed by atoms with E-state index in [4.69, 9.17) is 5.11 Å². The molecule has 0 bridgehead atoms. The van der Waals surface area contributed by atoms with Crippen molar-refractivity contribution in [2.45, 2.75) is 6.61 Å². The Labute approximate surface area is 116 Å². The van der Waals surface area contributed by atoms with E-state index in [9.17, 15) is 9.18 Å². The topological polar surface area (TPSA) is 49.3 Å². The number of aliphatic hydroxyl groups excluding tert-OH is 1. The Kier molecular flexibility index (Phi) is 4.63. The molecule has 102 valence electrons. The van der Waals surface area contributed by atoms with Gasteiger partial charge in [0, 0.05) is 11.8 Å². The lowest BCUT2D eigenvalue weighted by Gasteiger charge is -2.03. The van der Waals surface area contributed by atoms with Crippen LogP contribution in [0.2, 0.25) is 0 Å². The maximum absolute atomic E-state index is 13.0. The molecule has 0 unspecified atom stereocenters. The Balaban J connectivity index is 2.01. The summed E-state index contributed by atoms with van der Waals surface area (Å²) in [7, 11) is 0. The van der Waals surface area contributed by atoms with Gasteiger partial charge in [-0.25, -0.2) is 4.39 Å². The number of benzene rings is 2. The Bertz CT molecular complexity index is 638. The molecule has 0 spiro atoms. The van der Waals surface area contributed by atoms with Crippen molar-refractivity contribution in [1.29, 1.82) is 0 Å². The molecular weight excluding hydrogens is 257 g/mol. The second-order valence-electron chi connectivity index (χ2n) is 4.24. The lowest BCUT2D eigenvalue weighted by Crippen LogP contribution is -2.07. The predicted octanol–water partition coefficient (Wildman–Crippen LogP) is 2.97. The third-order valence-electron chi connectivity index (χ3n) is 2.65. The molecule has 0 aromatic heterocycles. The second kappa shape index (κ2) is 6.63. The molecule has 1 amide bonds. The molecule has 0 fully saturated rings. The van der Waals surface area contributed by atoms with Gasteiger partial charge in [0.2, 0.25) is 5.91 Å². The average molecular weight is 271 g/mol. The number of hydrogen-bond acceptors (Lipinski definition) is 2. The van der Waals surface area contributed by atoms with Crippen molar-refractivity contribution < 1.29 is 14.3 Å². The first-order valence-corrected chi connectivity index (χ1v) is 6.12. The third-order valence-corrected chi connectivity index (χ3v) is 2.65. The van der Waals surface area contributed by atoms with E-state index in [1.54, 1.807) is 36.4 Å². The summed E-state index contributed by atoms with van der Waals surface area (Å²) in [6, 6.07) is 12.9. The fourth-order valence-corrected chi connectivity index (χ4v) is 1.71. The van der Waals surface area contributed by atoms with Crippen LogP contribution in [0.4, 0.5) is 10.1 Å². The van der Waals surface area contributed by atoms with Crippen molar-refractivity contribution >= 4 is 17.7 Å². The minimum atomic E-state index is -0.344. The second-order valence-corrected chi connectivity index (χ2v) is 4.24. The largest absolute Gasteiger partial charge is 0.392 e. The molecule has 0 aliphatic carbocycles. The number of amides is 1. The minimum Gasteiger partial charge on any atom is -0.392 e. The highest BCUT2D eigenvalue weighted by molar-refractivity contribution is 6.01. The molecule has 2 rings (SSSR count). The van der Waals surface area contributed by atoms with E-state index in [1.807, 2.05) is 0 Å². The van der Waals surface area contributed by atoms with Crippen LogP contribution in [0.5, 0.6) is 0 Å². The molecule has 0 radical (unpaired) electrons. The molecule has 20 heavy (non-hydrogen) atoms. The van der Waals surface area contributed by atoms with Crippen molar-refractivity contribution in [3.63, 3.8) is 0 Å². The van der Waals surface area contributed by atoms with Gasteiger partial charge in [-0.15, -0.1) is 0 Å². The predicted molar refractivity (Wildman–Crippen MR) is 76.4 cm³/mol. The standard InChI is InChI=1S/C16H14FNO2/c17-14-5-1-3-12(9-14)7-8-16(20)18-15-6-2-4-13(10-15)11-19/h1-10,19H,11H2,(H,18,20). The van der Waals surface area contributed by atoms with Gasteiger partial charge in [-0.05, 0) is 41.5 Å². The molecule has 4 heteroatoms. The van der Waals surface area contributed by atoms with E-state index >= 15 is 0 Å². The van der Waals surface area contributed by atoms with E-state index in [2.05, 4.69) is 5.32 Å². The van der Waals surface area contributed by atoms with Crippen molar-refractivity contribution in [2.75, 3.05) is 5.32 Å². The van der Waals surface area contributed by atoms with Gasteiger partial charge in [-0.2, -0.15) is 0 Å². The van der Waals surface area contributed by atoms with Crippen LogP contribution >= 0.6 is 0 Å². The molecule has 2 aromatic carbocycles. The first-order valence-electron chi connectivity index (χ1n) is 6.12. The van der Waals surface area contributed by atoms with Gasteiger partial charge in [0.1, 0.15) is 5.82 Å². The van der Waals surface area contributed by atoms with Gasteiger partial charge >= 0.3 is 0 Å². The van der Waals surface area contributed by atoms with Crippen LogP contribution in [0.15, 0.2) is 54.6 Å². The summed E-state index contributed by atoms with van der Waals surface area (Å²) in [5.74, 6) is -0.660. The fraction of sp³-hybridized carbons (Fsp3) is 0.0625. The molecule has 0 heterocycles. The van der Waals surface area contributed by atoms with Crippen molar-refractivity contribution in [3.8, 4) is 0 Å². The highest BCUT2D eigenvalue weighted by Crippen LogP contribution is 2.11.